The van der Waals surface area contributed by atoms with Crippen molar-refractivity contribution < 1.29 is 14.6 Å². The van der Waals surface area contributed by atoms with Gasteiger partial charge >= 0.3 is 5.97 Å². The minimum Gasteiger partial charge on any atom is -0.494 e. The molecule has 0 amide bonds. The van der Waals surface area contributed by atoms with E-state index >= 15 is 0 Å². The van der Waals surface area contributed by atoms with Crippen LogP contribution in [-0.2, 0) is 11.2 Å². The van der Waals surface area contributed by atoms with Gasteiger partial charge in [0, 0.05) is 0 Å². The zero-order chi connectivity index (χ0) is 17.4. The van der Waals surface area contributed by atoms with E-state index in [4.69, 9.17) is 4.74 Å². The highest BCUT2D eigenvalue weighted by atomic mass is 16.5. The fourth-order valence-electron chi connectivity index (χ4n) is 2.65. The molecule has 0 aliphatic heterocycles. The number of hydrogen-bond acceptors (Lipinski definition) is 2. The standard InChI is InChI=1S/C21H26O3/c1-3-4-5-14-24-19-12-8-17(9-13-19)15-20(21(22)23)18-10-6-16(2)7-11-18/h6-13,20H,3-5,14-15H2,1-2H3,(H,22,23). The van der Waals surface area contributed by atoms with E-state index in [2.05, 4.69) is 6.92 Å². The average Bonchev–Trinajstić information content (AvgIpc) is 2.58. The first-order valence-electron chi connectivity index (χ1n) is 8.61. The summed E-state index contributed by atoms with van der Waals surface area (Å²) in [6.07, 6.45) is 3.90. The molecule has 2 aromatic rings. The van der Waals surface area contributed by atoms with E-state index in [1.165, 1.54) is 12.8 Å². The number of carboxylic acids is 1. The highest BCUT2D eigenvalue weighted by Crippen LogP contribution is 2.23. The Bertz CT molecular complexity index is 629. The molecule has 0 aliphatic carbocycles. The first kappa shape index (κ1) is 18.1. The summed E-state index contributed by atoms with van der Waals surface area (Å²) in [4.78, 5) is 11.6. The van der Waals surface area contributed by atoms with E-state index in [1.807, 2.05) is 55.5 Å². The molecule has 2 rings (SSSR count). The van der Waals surface area contributed by atoms with Crippen LogP contribution in [-0.4, -0.2) is 17.7 Å². The smallest absolute Gasteiger partial charge is 0.311 e. The molecule has 24 heavy (non-hydrogen) atoms. The highest BCUT2D eigenvalue weighted by molar-refractivity contribution is 5.76. The number of carbonyl (C=O) groups is 1. The van der Waals surface area contributed by atoms with Crippen LogP contribution in [0.2, 0.25) is 0 Å². The van der Waals surface area contributed by atoms with E-state index in [-0.39, 0.29) is 0 Å². The molecule has 1 N–H and O–H groups in total. The van der Waals surface area contributed by atoms with Crippen LogP contribution < -0.4 is 4.74 Å². The van der Waals surface area contributed by atoms with Crippen LogP contribution in [0.15, 0.2) is 48.5 Å². The van der Waals surface area contributed by atoms with Crippen molar-refractivity contribution in [3.05, 3.63) is 65.2 Å². The minimum absolute atomic E-state index is 0.481. The second-order valence-electron chi connectivity index (χ2n) is 6.21. The SMILES string of the molecule is CCCCCOc1ccc(CC(C(=O)O)c2ccc(C)cc2)cc1. The Morgan fingerprint density at radius 3 is 2.29 bits per heavy atom. The summed E-state index contributed by atoms with van der Waals surface area (Å²) >= 11 is 0. The fourth-order valence-corrected chi connectivity index (χ4v) is 2.65. The average molecular weight is 326 g/mol. The highest BCUT2D eigenvalue weighted by Gasteiger charge is 2.20. The topological polar surface area (TPSA) is 46.5 Å². The lowest BCUT2D eigenvalue weighted by Gasteiger charge is -2.14. The lowest BCUT2D eigenvalue weighted by molar-refractivity contribution is -0.138. The fraction of sp³-hybridized carbons (Fsp3) is 0.381. The van der Waals surface area contributed by atoms with Crippen LogP contribution in [0, 0.1) is 6.92 Å². The maximum Gasteiger partial charge on any atom is 0.311 e. The van der Waals surface area contributed by atoms with Gasteiger partial charge in [0.2, 0.25) is 0 Å². The molecule has 3 heteroatoms. The van der Waals surface area contributed by atoms with Crippen molar-refractivity contribution in [3.8, 4) is 5.75 Å². The molecular formula is C21H26O3. The predicted octanol–water partition coefficient (Wildman–Crippen LogP) is 4.97. The number of benzene rings is 2. The van der Waals surface area contributed by atoms with Crippen LogP contribution in [0.25, 0.3) is 0 Å². The van der Waals surface area contributed by atoms with E-state index < -0.39 is 11.9 Å². The molecule has 0 heterocycles. The summed E-state index contributed by atoms with van der Waals surface area (Å²) in [5.41, 5.74) is 2.98. The van der Waals surface area contributed by atoms with Crippen LogP contribution in [0.4, 0.5) is 0 Å². The molecule has 0 saturated carbocycles. The third-order valence-corrected chi connectivity index (χ3v) is 4.16. The molecule has 0 bridgehead atoms. The van der Waals surface area contributed by atoms with E-state index in [0.29, 0.717) is 6.42 Å². The zero-order valence-electron chi connectivity index (χ0n) is 14.5. The summed E-state index contributed by atoms with van der Waals surface area (Å²) in [6.45, 7) is 4.90. The molecule has 0 aromatic heterocycles. The molecule has 0 aliphatic rings. The summed E-state index contributed by atoms with van der Waals surface area (Å²) < 4.78 is 5.70. The zero-order valence-corrected chi connectivity index (χ0v) is 14.5. The van der Waals surface area contributed by atoms with Gasteiger partial charge in [-0.3, -0.25) is 4.79 Å². The van der Waals surface area contributed by atoms with Crippen molar-refractivity contribution in [3.63, 3.8) is 0 Å². The summed E-state index contributed by atoms with van der Waals surface area (Å²) in [5, 5.41) is 9.55. The second kappa shape index (κ2) is 9.11. The Hall–Kier alpha value is -2.29. The van der Waals surface area contributed by atoms with Gasteiger partial charge < -0.3 is 9.84 Å². The maximum absolute atomic E-state index is 11.6. The molecule has 0 radical (unpaired) electrons. The van der Waals surface area contributed by atoms with E-state index in [1.54, 1.807) is 0 Å². The first-order valence-corrected chi connectivity index (χ1v) is 8.61. The molecule has 0 spiro atoms. The van der Waals surface area contributed by atoms with Crippen LogP contribution in [0.1, 0.15) is 48.8 Å². The van der Waals surface area contributed by atoms with E-state index in [9.17, 15) is 9.90 Å². The lowest BCUT2D eigenvalue weighted by atomic mass is 9.91. The Morgan fingerprint density at radius 2 is 1.71 bits per heavy atom. The second-order valence-corrected chi connectivity index (χ2v) is 6.21. The van der Waals surface area contributed by atoms with Crippen molar-refractivity contribution in [2.45, 2.75) is 45.4 Å². The normalized spacial score (nSPS) is 11.9. The largest absolute Gasteiger partial charge is 0.494 e. The number of unbranched alkanes of at least 4 members (excludes halogenated alkanes) is 2. The van der Waals surface area contributed by atoms with Gasteiger partial charge in [-0.1, -0.05) is 61.7 Å². The van der Waals surface area contributed by atoms with Crippen molar-refractivity contribution in [2.24, 2.45) is 0 Å². The lowest BCUT2D eigenvalue weighted by Crippen LogP contribution is -2.14. The van der Waals surface area contributed by atoms with Crippen molar-refractivity contribution in [1.29, 1.82) is 0 Å². The molecule has 0 saturated heterocycles. The Kier molecular flexibility index (Phi) is 6.86. The van der Waals surface area contributed by atoms with Crippen molar-refractivity contribution in [1.82, 2.24) is 0 Å². The third-order valence-electron chi connectivity index (χ3n) is 4.16. The number of aryl methyl sites for hydroxylation is 1. The maximum atomic E-state index is 11.6. The van der Waals surface area contributed by atoms with E-state index in [0.717, 1.165) is 35.5 Å². The number of rotatable bonds is 9. The van der Waals surface area contributed by atoms with Gasteiger partial charge in [0.05, 0.1) is 12.5 Å². The molecule has 3 nitrogen and oxygen atoms in total. The molecular weight excluding hydrogens is 300 g/mol. The Labute approximate surface area is 144 Å². The molecule has 0 fully saturated rings. The molecule has 1 unspecified atom stereocenters. The van der Waals surface area contributed by atoms with Gasteiger partial charge in [-0.2, -0.15) is 0 Å². The first-order chi connectivity index (χ1) is 11.6. The monoisotopic (exact) mass is 326 g/mol. The van der Waals surface area contributed by atoms with Crippen LogP contribution in [0.5, 0.6) is 5.75 Å². The number of hydrogen-bond donors (Lipinski definition) is 1. The number of aliphatic carboxylic acids is 1. The van der Waals surface area contributed by atoms with Crippen LogP contribution >= 0.6 is 0 Å². The third kappa shape index (κ3) is 5.41. The predicted molar refractivity (Wildman–Crippen MR) is 96.7 cm³/mol. The summed E-state index contributed by atoms with van der Waals surface area (Å²) in [5.74, 6) is -0.474. The quantitative estimate of drug-likeness (QED) is 0.661. The Morgan fingerprint density at radius 1 is 1.04 bits per heavy atom. The number of carboxylic acid groups (broad SMARTS) is 1. The molecule has 2 aromatic carbocycles. The summed E-state index contributed by atoms with van der Waals surface area (Å²) in [6, 6.07) is 15.5. The van der Waals surface area contributed by atoms with Gasteiger partial charge in [0.15, 0.2) is 0 Å². The van der Waals surface area contributed by atoms with Crippen LogP contribution in [0.3, 0.4) is 0 Å². The van der Waals surface area contributed by atoms with Gasteiger partial charge in [-0.15, -0.1) is 0 Å². The van der Waals surface area contributed by atoms with Gasteiger partial charge in [0.25, 0.3) is 0 Å². The Balaban J connectivity index is 1.99. The summed E-state index contributed by atoms with van der Waals surface area (Å²) in [7, 11) is 0. The number of ether oxygens (including phenoxy) is 1. The van der Waals surface area contributed by atoms with Crippen molar-refractivity contribution >= 4 is 5.97 Å². The van der Waals surface area contributed by atoms with Crippen molar-refractivity contribution in [2.75, 3.05) is 6.61 Å². The minimum atomic E-state index is -0.793. The molecule has 1 atom stereocenters. The molecule has 128 valence electrons. The van der Waals surface area contributed by atoms with Gasteiger partial charge in [-0.25, -0.2) is 0 Å². The van der Waals surface area contributed by atoms with Gasteiger partial charge in [-0.05, 0) is 43.0 Å². The van der Waals surface area contributed by atoms with Gasteiger partial charge in [0.1, 0.15) is 5.75 Å².